The Balaban J connectivity index is 1.79. The molecule has 0 aromatic heterocycles. The maximum Gasteiger partial charge on any atom is 0.258 e. The summed E-state index contributed by atoms with van der Waals surface area (Å²) < 4.78 is 12.9. The zero-order chi connectivity index (χ0) is 15.5. The van der Waals surface area contributed by atoms with Crippen molar-refractivity contribution in [3.8, 4) is 0 Å². The Morgan fingerprint density at radius 2 is 1.82 bits per heavy atom. The molecule has 0 radical (unpaired) electrons. The van der Waals surface area contributed by atoms with Gasteiger partial charge in [0.25, 0.3) is 5.91 Å². The van der Waals surface area contributed by atoms with Gasteiger partial charge >= 0.3 is 0 Å². The number of anilines is 1. The monoisotopic (exact) mass is 295 g/mol. The standard InChI is InChI=1S/C19H18FNO/c1-2-21-18-9-4-3-7-16(18)17(19(21)22)8-5-6-14-10-12-15(20)13-11-14/h3-4,7-13H,2,5-6H2,1H3. The number of hydrogen-bond donors (Lipinski definition) is 0. The normalized spacial score (nSPS) is 15.5. The van der Waals surface area contributed by atoms with Gasteiger partial charge in [0.15, 0.2) is 0 Å². The number of aryl methyl sites for hydroxylation is 1. The highest BCUT2D eigenvalue weighted by Crippen LogP contribution is 2.36. The van der Waals surface area contributed by atoms with E-state index in [-0.39, 0.29) is 11.7 Å². The highest BCUT2D eigenvalue weighted by molar-refractivity contribution is 6.32. The van der Waals surface area contributed by atoms with Gasteiger partial charge in [-0.05, 0) is 43.5 Å². The molecule has 0 unspecified atom stereocenters. The number of nitrogens with zero attached hydrogens (tertiary/aromatic N) is 1. The van der Waals surface area contributed by atoms with Crippen LogP contribution in [0.25, 0.3) is 5.57 Å². The molecule has 0 saturated heterocycles. The molecule has 0 saturated carbocycles. The van der Waals surface area contributed by atoms with Crippen molar-refractivity contribution in [1.82, 2.24) is 0 Å². The summed E-state index contributed by atoms with van der Waals surface area (Å²) in [6.07, 6.45) is 3.56. The van der Waals surface area contributed by atoms with Crippen LogP contribution in [0, 0.1) is 5.82 Å². The SMILES string of the molecule is CCN1C(=O)C(=CCCc2ccc(F)cc2)c2ccccc21. The predicted octanol–water partition coefficient (Wildman–Crippen LogP) is 4.21. The Bertz CT molecular complexity index is 718. The van der Waals surface area contributed by atoms with Gasteiger partial charge in [-0.15, -0.1) is 0 Å². The Morgan fingerprint density at radius 3 is 2.55 bits per heavy atom. The zero-order valence-electron chi connectivity index (χ0n) is 12.6. The number of fused-ring (bicyclic) bond motifs is 1. The molecule has 1 heterocycles. The third kappa shape index (κ3) is 2.67. The first-order valence-corrected chi connectivity index (χ1v) is 7.56. The highest BCUT2D eigenvalue weighted by Gasteiger charge is 2.30. The van der Waals surface area contributed by atoms with Crippen LogP contribution in [-0.4, -0.2) is 12.5 Å². The van der Waals surface area contributed by atoms with E-state index < -0.39 is 0 Å². The molecule has 2 nitrogen and oxygen atoms in total. The smallest absolute Gasteiger partial charge is 0.258 e. The van der Waals surface area contributed by atoms with Crippen LogP contribution < -0.4 is 4.90 Å². The molecule has 0 bridgehead atoms. The Labute approximate surface area is 129 Å². The molecule has 3 heteroatoms. The lowest BCUT2D eigenvalue weighted by Gasteiger charge is -2.13. The number of halogens is 1. The average Bonchev–Trinajstić information content (AvgIpc) is 2.81. The van der Waals surface area contributed by atoms with Crippen LogP contribution in [0.5, 0.6) is 0 Å². The number of amides is 1. The van der Waals surface area contributed by atoms with Gasteiger partial charge in [-0.2, -0.15) is 0 Å². The third-order valence-corrected chi connectivity index (χ3v) is 3.97. The fourth-order valence-electron chi connectivity index (χ4n) is 2.85. The van der Waals surface area contributed by atoms with Crippen molar-refractivity contribution >= 4 is 17.2 Å². The molecular weight excluding hydrogens is 277 g/mol. The third-order valence-electron chi connectivity index (χ3n) is 3.97. The maximum atomic E-state index is 12.9. The van der Waals surface area contributed by atoms with Crippen LogP contribution in [0.1, 0.15) is 24.5 Å². The second kappa shape index (κ2) is 6.14. The topological polar surface area (TPSA) is 20.3 Å². The molecule has 0 atom stereocenters. The minimum Gasteiger partial charge on any atom is -0.308 e. The van der Waals surface area contributed by atoms with Crippen molar-refractivity contribution in [2.45, 2.75) is 19.8 Å². The fraction of sp³-hybridized carbons (Fsp3) is 0.211. The summed E-state index contributed by atoms with van der Waals surface area (Å²) in [5.74, 6) is -0.150. The van der Waals surface area contributed by atoms with Crippen LogP contribution in [0.15, 0.2) is 54.6 Å². The zero-order valence-corrected chi connectivity index (χ0v) is 12.6. The van der Waals surface area contributed by atoms with Gasteiger partial charge < -0.3 is 4.90 Å². The lowest BCUT2D eigenvalue weighted by molar-refractivity contribution is -0.112. The molecule has 2 aromatic carbocycles. The molecule has 0 fully saturated rings. The van der Waals surface area contributed by atoms with Crippen LogP contribution in [0.2, 0.25) is 0 Å². The number of allylic oxidation sites excluding steroid dienone is 1. The van der Waals surface area contributed by atoms with Gasteiger partial charge in [-0.1, -0.05) is 36.4 Å². The van der Waals surface area contributed by atoms with Gasteiger partial charge in [0.05, 0.1) is 5.69 Å². The first-order chi connectivity index (χ1) is 10.7. The molecule has 1 aliphatic rings. The van der Waals surface area contributed by atoms with Crippen LogP contribution in [0.3, 0.4) is 0 Å². The van der Waals surface area contributed by atoms with E-state index in [2.05, 4.69) is 0 Å². The summed E-state index contributed by atoms with van der Waals surface area (Å²) in [5.41, 5.74) is 3.85. The maximum absolute atomic E-state index is 12.9. The molecule has 2 aromatic rings. The van der Waals surface area contributed by atoms with Gasteiger partial charge in [0.2, 0.25) is 0 Å². The molecule has 112 valence electrons. The van der Waals surface area contributed by atoms with Crippen molar-refractivity contribution in [2.24, 2.45) is 0 Å². The summed E-state index contributed by atoms with van der Waals surface area (Å²) in [7, 11) is 0. The van der Waals surface area contributed by atoms with E-state index >= 15 is 0 Å². The minimum absolute atomic E-state index is 0.0720. The number of hydrogen-bond acceptors (Lipinski definition) is 1. The lowest BCUT2D eigenvalue weighted by Crippen LogP contribution is -2.25. The number of carbonyl (C=O) groups excluding carboxylic acids is 1. The Morgan fingerprint density at radius 1 is 1.09 bits per heavy atom. The molecular formula is C19H18FNO. The first kappa shape index (κ1) is 14.5. The Hall–Kier alpha value is -2.42. The fourth-order valence-corrected chi connectivity index (χ4v) is 2.85. The number of rotatable bonds is 4. The number of likely N-dealkylation sites (N-methyl/N-ethyl adjacent to an activating group) is 1. The summed E-state index contributed by atoms with van der Waals surface area (Å²) in [6, 6.07) is 14.4. The number of carbonyl (C=O) groups is 1. The first-order valence-electron chi connectivity index (χ1n) is 7.56. The van der Waals surface area contributed by atoms with E-state index in [0.29, 0.717) is 6.54 Å². The quantitative estimate of drug-likeness (QED) is 0.774. The van der Waals surface area contributed by atoms with Crippen molar-refractivity contribution < 1.29 is 9.18 Å². The van der Waals surface area contributed by atoms with E-state index in [1.807, 2.05) is 37.3 Å². The van der Waals surface area contributed by atoms with Crippen molar-refractivity contribution in [3.05, 3.63) is 71.6 Å². The van der Waals surface area contributed by atoms with Crippen molar-refractivity contribution in [3.63, 3.8) is 0 Å². The van der Waals surface area contributed by atoms with Crippen LogP contribution in [-0.2, 0) is 11.2 Å². The molecule has 1 amide bonds. The highest BCUT2D eigenvalue weighted by atomic mass is 19.1. The van der Waals surface area contributed by atoms with Gasteiger partial charge in [-0.3, -0.25) is 4.79 Å². The van der Waals surface area contributed by atoms with Crippen LogP contribution >= 0.6 is 0 Å². The molecule has 3 rings (SSSR count). The van der Waals surface area contributed by atoms with Gasteiger partial charge in [0, 0.05) is 17.7 Å². The largest absolute Gasteiger partial charge is 0.308 e. The molecule has 0 aliphatic carbocycles. The summed E-state index contributed by atoms with van der Waals surface area (Å²) >= 11 is 0. The minimum atomic E-state index is -0.222. The second-order valence-corrected chi connectivity index (χ2v) is 5.35. The van der Waals surface area contributed by atoms with E-state index in [1.54, 1.807) is 17.0 Å². The lowest BCUT2D eigenvalue weighted by atomic mass is 10.0. The Kier molecular flexibility index (Phi) is 4.05. The molecule has 0 N–H and O–H groups in total. The molecule has 1 aliphatic heterocycles. The van der Waals surface area contributed by atoms with E-state index in [0.717, 1.165) is 35.2 Å². The number of benzene rings is 2. The van der Waals surface area contributed by atoms with Gasteiger partial charge in [0.1, 0.15) is 5.82 Å². The van der Waals surface area contributed by atoms with Gasteiger partial charge in [-0.25, -0.2) is 4.39 Å². The summed E-state index contributed by atoms with van der Waals surface area (Å²) in [6.45, 7) is 2.65. The summed E-state index contributed by atoms with van der Waals surface area (Å²) in [4.78, 5) is 14.3. The van der Waals surface area contributed by atoms with E-state index in [9.17, 15) is 9.18 Å². The summed E-state index contributed by atoms with van der Waals surface area (Å²) in [5, 5.41) is 0. The van der Waals surface area contributed by atoms with Crippen molar-refractivity contribution in [2.75, 3.05) is 11.4 Å². The average molecular weight is 295 g/mol. The second-order valence-electron chi connectivity index (χ2n) is 5.35. The van der Waals surface area contributed by atoms with Crippen LogP contribution in [0.4, 0.5) is 10.1 Å². The van der Waals surface area contributed by atoms with E-state index in [4.69, 9.17) is 0 Å². The molecule has 0 spiro atoms. The number of para-hydroxylation sites is 1. The predicted molar refractivity (Wildman–Crippen MR) is 87.2 cm³/mol. The van der Waals surface area contributed by atoms with E-state index in [1.165, 1.54) is 12.1 Å². The molecule has 22 heavy (non-hydrogen) atoms. The van der Waals surface area contributed by atoms with Crippen molar-refractivity contribution in [1.29, 1.82) is 0 Å².